The lowest BCUT2D eigenvalue weighted by Gasteiger charge is -2.31. The van der Waals surface area contributed by atoms with E-state index in [1.165, 1.54) is 6.92 Å². The molecule has 1 fully saturated rings. The van der Waals surface area contributed by atoms with Gasteiger partial charge in [0.05, 0.1) is 17.2 Å². The summed E-state index contributed by atoms with van der Waals surface area (Å²) in [6, 6.07) is 10.9. The molecule has 0 saturated carbocycles. The quantitative estimate of drug-likeness (QED) is 0.538. The molecule has 0 spiro atoms. The molecule has 8 nitrogen and oxygen atoms in total. The zero-order valence-electron chi connectivity index (χ0n) is 19.7. The Balaban J connectivity index is 1.11. The predicted octanol–water partition coefficient (Wildman–Crippen LogP) is 3.80. The number of amidine groups is 1. The highest BCUT2D eigenvalue weighted by molar-refractivity contribution is 7.09. The fourth-order valence-corrected chi connectivity index (χ4v) is 5.39. The van der Waals surface area contributed by atoms with Crippen LogP contribution in [-0.4, -0.2) is 56.2 Å². The van der Waals surface area contributed by atoms with Crippen LogP contribution in [0.4, 0.5) is 13.2 Å². The topological polar surface area (TPSA) is 78.7 Å². The molecule has 2 aliphatic heterocycles. The second-order valence-corrected chi connectivity index (χ2v) is 9.87. The van der Waals surface area contributed by atoms with Gasteiger partial charge in [-0.3, -0.25) is 9.48 Å². The lowest BCUT2D eigenvalue weighted by atomic mass is 9.97. The number of aliphatic imine (C=N–C) groups is 1. The van der Waals surface area contributed by atoms with Gasteiger partial charge >= 0.3 is 6.18 Å². The Kier molecular flexibility index (Phi) is 6.80. The van der Waals surface area contributed by atoms with Gasteiger partial charge in [-0.05, 0) is 25.8 Å². The number of amides is 1. The van der Waals surface area contributed by atoms with Crippen LogP contribution in [0.5, 0.6) is 0 Å². The number of rotatable bonds is 6. The third kappa shape index (κ3) is 5.44. The van der Waals surface area contributed by atoms with Crippen molar-refractivity contribution < 1.29 is 18.0 Å². The number of carbonyl (C=O) groups excluding carboxylic acids is 1. The van der Waals surface area contributed by atoms with Crippen molar-refractivity contribution in [2.45, 2.75) is 44.9 Å². The normalized spacial score (nSPS) is 17.3. The van der Waals surface area contributed by atoms with Gasteiger partial charge < -0.3 is 10.3 Å². The van der Waals surface area contributed by atoms with Crippen LogP contribution < -0.4 is 5.43 Å². The first kappa shape index (κ1) is 24.4. The maximum atomic E-state index is 12.9. The van der Waals surface area contributed by atoms with E-state index in [0.29, 0.717) is 32.0 Å². The van der Waals surface area contributed by atoms with Crippen LogP contribution in [0.1, 0.15) is 46.4 Å². The van der Waals surface area contributed by atoms with E-state index in [4.69, 9.17) is 4.98 Å². The molecule has 1 saturated heterocycles. The van der Waals surface area contributed by atoms with E-state index in [9.17, 15) is 18.0 Å². The fourth-order valence-electron chi connectivity index (χ4n) is 4.41. The molecule has 2 aromatic heterocycles. The number of aromatic nitrogens is 3. The summed E-state index contributed by atoms with van der Waals surface area (Å²) < 4.78 is 39.8. The molecule has 1 aromatic carbocycles. The number of hydrazine groups is 1. The summed E-state index contributed by atoms with van der Waals surface area (Å²) in [5.74, 6) is 0.893. The standard InChI is InChI=1S/C24H26F3N7OS/c1-16-11-20(24(25,26)27)30-34(16)13-21(35)32-9-7-18(8-10-32)23-29-19(14-36-23)12-33-15-28-22(31-33)17-5-3-2-4-6-17/h2-6,11,14,18H,7-10,12-13,15H2,1H3,(H,28,31). The number of nitrogens with zero attached hydrogens (tertiary/aromatic N) is 6. The maximum absolute atomic E-state index is 12.9. The minimum atomic E-state index is -4.52. The van der Waals surface area contributed by atoms with E-state index < -0.39 is 11.9 Å². The molecule has 36 heavy (non-hydrogen) atoms. The lowest BCUT2D eigenvalue weighted by Crippen LogP contribution is -2.40. The summed E-state index contributed by atoms with van der Waals surface area (Å²) in [5, 5.41) is 8.70. The third-order valence-corrected chi connectivity index (χ3v) is 7.44. The Labute approximate surface area is 210 Å². The van der Waals surface area contributed by atoms with E-state index in [0.717, 1.165) is 45.7 Å². The Bertz CT molecular complexity index is 1250. The second-order valence-electron chi connectivity index (χ2n) is 8.98. The van der Waals surface area contributed by atoms with Crippen LogP contribution in [0, 0.1) is 6.92 Å². The number of carbonyl (C=O) groups is 1. The molecule has 3 aromatic rings. The van der Waals surface area contributed by atoms with Gasteiger partial charge in [0, 0.05) is 35.6 Å². The zero-order chi connectivity index (χ0) is 25.3. The van der Waals surface area contributed by atoms with E-state index in [2.05, 4.69) is 20.9 Å². The van der Waals surface area contributed by atoms with Crippen LogP contribution in [0.15, 0.2) is 46.8 Å². The van der Waals surface area contributed by atoms with Crippen molar-refractivity contribution in [3.8, 4) is 0 Å². The van der Waals surface area contributed by atoms with Gasteiger partial charge in [0.2, 0.25) is 5.91 Å². The largest absolute Gasteiger partial charge is 0.435 e. The van der Waals surface area contributed by atoms with E-state index >= 15 is 0 Å². The van der Waals surface area contributed by atoms with Crippen molar-refractivity contribution >= 4 is 23.1 Å². The average molecular weight is 518 g/mol. The monoisotopic (exact) mass is 517 g/mol. The highest BCUT2D eigenvalue weighted by Gasteiger charge is 2.35. The van der Waals surface area contributed by atoms with E-state index in [-0.39, 0.29) is 18.4 Å². The summed E-state index contributed by atoms with van der Waals surface area (Å²) in [6.45, 7) is 3.62. The first-order valence-corrected chi connectivity index (χ1v) is 12.6. The average Bonchev–Trinajstić information content (AvgIpc) is 3.61. The molecule has 4 heterocycles. The molecular formula is C24H26F3N7OS. The number of thiazole rings is 1. The van der Waals surface area contributed by atoms with Gasteiger partial charge in [-0.2, -0.15) is 23.3 Å². The molecule has 0 atom stereocenters. The third-order valence-electron chi connectivity index (χ3n) is 6.39. The van der Waals surface area contributed by atoms with Gasteiger partial charge in [-0.15, -0.1) is 11.3 Å². The Hall–Kier alpha value is -3.25. The molecule has 0 aliphatic carbocycles. The molecule has 1 amide bonds. The molecule has 190 valence electrons. The van der Waals surface area contributed by atoms with Crippen LogP contribution in [0.3, 0.4) is 0 Å². The predicted molar refractivity (Wildman–Crippen MR) is 129 cm³/mol. The van der Waals surface area contributed by atoms with Gasteiger partial charge in [0.25, 0.3) is 0 Å². The number of benzene rings is 1. The van der Waals surface area contributed by atoms with Crippen molar-refractivity contribution in [1.29, 1.82) is 0 Å². The molecule has 2 aliphatic rings. The van der Waals surface area contributed by atoms with Crippen LogP contribution in [0.2, 0.25) is 0 Å². The summed E-state index contributed by atoms with van der Waals surface area (Å²) >= 11 is 1.63. The van der Waals surface area contributed by atoms with Gasteiger partial charge in [-0.25, -0.2) is 9.98 Å². The van der Waals surface area contributed by atoms with Gasteiger partial charge in [0.15, 0.2) is 5.69 Å². The number of likely N-dealkylation sites (tertiary alicyclic amines) is 1. The van der Waals surface area contributed by atoms with Crippen LogP contribution in [-0.2, 0) is 24.1 Å². The number of hydrogen-bond donors (Lipinski definition) is 1. The minimum absolute atomic E-state index is 0.191. The van der Waals surface area contributed by atoms with E-state index in [1.54, 1.807) is 16.2 Å². The van der Waals surface area contributed by atoms with Gasteiger partial charge in [-0.1, -0.05) is 30.3 Å². The first-order chi connectivity index (χ1) is 17.3. The molecular weight excluding hydrogens is 491 g/mol. The SMILES string of the molecule is Cc1cc(C(F)(F)F)nn1CC(=O)N1CCC(c2nc(CN3CN=C(c4ccccc4)N3)cs2)CC1. The molecule has 0 bridgehead atoms. The maximum Gasteiger partial charge on any atom is 0.435 e. The van der Waals surface area contributed by atoms with Crippen molar-refractivity contribution in [1.82, 2.24) is 30.1 Å². The molecule has 0 radical (unpaired) electrons. The number of alkyl halides is 3. The molecule has 0 unspecified atom stereocenters. The van der Waals surface area contributed by atoms with Crippen molar-refractivity contribution in [2.75, 3.05) is 19.8 Å². The van der Waals surface area contributed by atoms with Crippen molar-refractivity contribution in [2.24, 2.45) is 4.99 Å². The van der Waals surface area contributed by atoms with Crippen LogP contribution in [0.25, 0.3) is 0 Å². The summed E-state index contributed by atoms with van der Waals surface area (Å²) in [6.07, 6.45) is -2.98. The smallest absolute Gasteiger partial charge is 0.341 e. The fraction of sp³-hybridized carbons (Fsp3) is 0.417. The molecule has 12 heteroatoms. The van der Waals surface area contributed by atoms with Crippen molar-refractivity contribution in [3.63, 3.8) is 0 Å². The highest BCUT2D eigenvalue weighted by Crippen LogP contribution is 2.31. The highest BCUT2D eigenvalue weighted by atomic mass is 32.1. The van der Waals surface area contributed by atoms with Crippen molar-refractivity contribution in [3.05, 3.63) is 69.4 Å². The number of aryl methyl sites for hydroxylation is 1. The zero-order valence-corrected chi connectivity index (χ0v) is 20.5. The van der Waals surface area contributed by atoms with Gasteiger partial charge in [0.1, 0.15) is 19.0 Å². The van der Waals surface area contributed by atoms with Crippen LogP contribution >= 0.6 is 11.3 Å². The number of nitrogens with one attached hydrogen (secondary N) is 1. The number of halogens is 3. The Morgan fingerprint density at radius 3 is 2.64 bits per heavy atom. The second kappa shape index (κ2) is 10.0. The summed E-state index contributed by atoms with van der Waals surface area (Å²) in [7, 11) is 0. The Morgan fingerprint density at radius 1 is 1.19 bits per heavy atom. The molecule has 5 rings (SSSR count). The first-order valence-electron chi connectivity index (χ1n) is 11.7. The lowest BCUT2D eigenvalue weighted by molar-refractivity contribution is -0.142. The van der Waals surface area contributed by atoms with E-state index in [1.807, 2.05) is 35.3 Å². The Morgan fingerprint density at radius 2 is 1.94 bits per heavy atom. The minimum Gasteiger partial charge on any atom is -0.341 e. The summed E-state index contributed by atoms with van der Waals surface area (Å²) in [4.78, 5) is 23.8. The number of hydrogen-bond acceptors (Lipinski definition) is 7. The molecule has 1 N–H and O–H groups in total. The summed E-state index contributed by atoms with van der Waals surface area (Å²) in [5.41, 5.74) is 4.69. The number of piperidine rings is 1.